The van der Waals surface area contributed by atoms with Crippen molar-refractivity contribution in [2.45, 2.75) is 13.0 Å². The molecule has 3 amide bonds. The summed E-state index contributed by atoms with van der Waals surface area (Å²) in [6.45, 7) is 2.13. The molecule has 0 atom stereocenters. The van der Waals surface area contributed by atoms with Gasteiger partial charge in [-0.25, -0.2) is 4.39 Å². The number of nitrogens with zero attached hydrogens (tertiary/aromatic N) is 2. The summed E-state index contributed by atoms with van der Waals surface area (Å²) in [4.78, 5) is 37.5. The van der Waals surface area contributed by atoms with Crippen LogP contribution in [0.5, 0.6) is 0 Å². The van der Waals surface area contributed by atoms with E-state index < -0.39 is 0 Å². The molecule has 1 N–H and O–H groups in total. The van der Waals surface area contributed by atoms with Crippen molar-refractivity contribution in [2.75, 3.05) is 26.2 Å². The van der Waals surface area contributed by atoms with E-state index in [0.29, 0.717) is 26.2 Å². The van der Waals surface area contributed by atoms with Gasteiger partial charge in [-0.3, -0.25) is 14.4 Å². The molecule has 2 rings (SSSR count). The molecule has 0 aromatic heterocycles. The zero-order chi connectivity index (χ0) is 15.9. The predicted molar refractivity (Wildman–Crippen MR) is 77.1 cm³/mol. The van der Waals surface area contributed by atoms with Crippen LogP contribution in [-0.2, 0) is 20.9 Å². The van der Waals surface area contributed by atoms with Crippen LogP contribution in [0.25, 0.3) is 0 Å². The predicted octanol–water partition coefficient (Wildman–Crippen LogP) is 0.133. The van der Waals surface area contributed by atoms with E-state index in [4.69, 9.17) is 0 Å². The van der Waals surface area contributed by atoms with E-state index in [9.17, 15) is 18.8 Å². The first kappa shape index (κ1) is 15.9. The van der Waals surface area contributed by atoms with Gasteiger partial charge in [0.2, 0.25) is 18.2 Å². The minimum absolute atomic E-state index is 0.220. The molecule has 0 bridgehead atoms. The summed E-state index contributed by atoms with van der Waals surface area (Å²) in [7, 11) is 0. The molecular formula is C15H18FN3O3. The van der Waals surface area contributed by atoms with Gasteiger partial charge in [0.1, 0.15) is 12.2 Å². The quantitative estimate of drug-likeness (QED) is 0.621. The molecule has 0 spiro atoms. The first-order chi connectivity index (χ1) is 10.6. The van der Waals surface area contributed by atoms with Gasteiger partial charge in [-0.1, -0.05) is 12.1 Å². The van der Waals surface area contributed by atoms with E-state index in [0.717, 1.165) is 12.0 Å². The highest BCUT2D eigenvalue weighted by molar-refractivity contribution is 5.96. The molecule has 1 aromatic rings. The summed E-state index contributed by atoms with van der Waals surface area (Å²) in [6.07, 6.45) is 0.541. The molecule has 0 radical (unpaired) electrons. The number of hydrogen-bond donors (Lipinski definition) is 1. The van der Waals surface area contributed by atoms with Gasteiger partial charge in [0.15, 0.2) is 0 Å². The van der Waals surface area contributed by atoms with E-state index in [1.807, 2.05) is 0 Å². The van der Waals surface area contributed by atoms with Crippen molar-refractivity contribution in [2.24, 2.45) is 0 Å². The minimum atomic E-state index is -0.368. The summed E-state index contributed by atoms with van der Waals surface area (Å²) in [5.74, 6) is -0.950. The summed E-state index contributed by atoms with van der Waals surface area (Å²) < 4.78 is 12.8. The van der Waals surface area contributed by atoms with Crippen LogP contribution in [0.4, 0.5) is 4.39 Å². The molecule has 118 valence electrons. The zero-order valence-electron chi connectivity index (χ0n) is 12.1. The van der Waals surface area contributed by atoms with Crippen molar-refractivity contribution in [3.63, 3.8) is 0 Å². The molecule has 0 saturated carbocycles. The lowest BCUT2D eigenvalue weighted by atomic mass is 10.2. The van der Waals surface area contributed by atoms with Crippen LogP contribution in [0.15, 0.2) is 24.3 Å². The van der Waals surface area contributed by atoms with Crippen molar-refractivity contribution in [1.29, 1.82) is 0 Å². The molecule has 22 heavy (non-hydrogen) atoms. The van der Waals surface area contributed by atoms with Crippen LogP contribution in [0, 0.1) is 5.82 Å². The molecule has 1 fully saturated rings. The average molecular weight is 307 g/mol. The normalized spacial score (nSPS) is 14.6. The number of carbonyl (C=O) groups is 3. The Morgan fingerprint density at radius 3 is 2.36 bits per heavy atom. The molecule has 6 nitrogen and oxygen atoms in total. The van der Waals surface area contributed by atoms with Crippen LogP contribution in [-0.4, -0.2) is 54.2 Å². The Morgan fingerprint density at radius 1 is 1.14 bits per heavy atom. The summed E-state index contributed by atoms with van der Waals surface area (Å²) in [6, 6.07) is 5.80. The fourth-order valence-corrected chi connectivity index (χ4v) is 2.19. The lowest BCUT2D eigenvalue weighted by Crippen LogP contribution is -2.48. The highest BCUT2D eigenvalue weighted by Gasteiger charge is 2.21. The summed E-state index contributed by atoms with van der Waals surface area (Å²) in [5.41, 5.74) is 0.766. The van der Waals surface area contributed by atoms with Crippen molar-refractivity contribution >= 4 is 18.2 Å². The first-order valence-electron chi connectivity index (χ1n) is 7.07. The van der Waals surface area contributed by atoms with Gasteiger partial charge in [0.05, 0.1) is 0 Å². The maximum atomic E-state index is 12.8. The number of hydrogen-bond acceptors (Lipinski definition) is 3. The smallest absolute Gasteiger partial charge is 0.232 e. The molecule has 1 aliphatic rings. The highest BCUT2D eigenvalue weighted by atomic mass is 19.1. The second kappa shape index (κ2) is 7.53. The van der Waals surface area contributed by atoms with Gasteiger partial charge in [-0.15, -0.1) is 0 Å². The third-order valence-electron chi connectivity index (χ3n) is 3.53. The fourth-order valence-electron chi connectivity index (χ4n) is 2.19. The average Bonchev–Trinajstić information content (AvgIpc) is 2.54. The van der Waals surface area contributed by atoms with Gasteiger partial charge < -0.3 is 15.1 Å². The lowest BCUT2D eigenvalue weighted by molar-refractivity contribution is -0.139. The Hall–Kier alpha value is -2.44. The Morgan fingerprint density at radius 2 is 1.77 bits per heavy atom. The standard InChI is InChI=1S/C15H18FN3O3/c16-13-3-1-12(2-4-13)10-17-14(21)9-15(22)19-7-5-18(11-20)6-8-19/h1-4,11H,5-10H2,(H,17,21). The number of benzene rings is 1. The van der Waals surface area contributed by atoms with Crippen LogP contribution in [0.2, 0.25) is 0 Å². The molecule has 1 aliphatic heterocycles. The number of nitrogens with one attached hydrogen (secondary N) is 1. The Balaban J connectivity index is 1.73. The van der Waals surface area contributed by atoms with E-state index in [1.165, 1.54) is 12.1 Å². The van der Waals surface area contributed by atoms with E-state index >= 15 is 0 Å². The molecule has 1 heterocycles. The molecule has 7 heteroatoms. The number of halogens is 1. The summed E-state index contributed by atoms with van der Waals surface area (Å²) >= 11 is 0. The van der Waals surface area contributed by atoms with E-state index in [2.05, 4.69) is 5.32 Å². The van der Waals surface area contributed by atoms with Crippen LogP contribution < -0.4 is 5.32 Å². The zero-order valence-corrected chi connectivity index (χ0v) is 12.1. The third-order valence-corrected chi connectivity index (χ3v) is 3.53. The maximum Gasteiger partial charge on any atom is 0.232 e. The number of rotatable bonds is 5. The van der Waals surface area contributed by atoms with E-state index in [-0.39, 0.29) is 30.6 Å². The van der Waals surface area contributed by atoms with Crippen molar-refractivity contribution in [1.82, 2.24) is 15.1 Å². The molecule has 0 unspecified atom stereocenters. The SMILES string of the molecule is O=CN1CCN(C(=O)CC(=O)NCc2ccc(F)cc2)CC1. The lowest BCUT2D eigenvalue weighted by Gasteiger charge is -2.32. The topological polar surface area (TPSA) is 69.7 Å². The van der Waals surface area contributed by atoms with Crippen LogP contribution in [0.3, 0.4) is 0 Å². The van der Waals surface area contributed by atoms with Gasteiger partial charge in [0.25, 0.3) is 0 Å². The van der Waals surface area contributed by atoms with Gasteiger partial charge in [-0.2, -0.15) is 0 Å². The Labute approximate surface area is 127 Å². The van der Waals surface area contributed by atoms with Crippen LogP contribution >= 0.6 is 0 Å². The van der Waals surface area contributed by atoms with Crippen LogP contribution in [0.1, 0.15) is 12.0 Å². The molecule has 0 aliphatic carbocycles. The van der Waals surface area contributed by atoms with Gasteiger partial charge in [-0.05, 0) is 17.7 Å². The number of amides is 3. The Bertz CT molecular complexity index is 539. The second-order valence-electron chi connectivity index (χ2n) is 5.10. The largest absolute Gasteiger partial charge is 0.352 e. The van der Waals surface area contributed by atoms with Crippen molar-refractivity contribution in [3.05, 3.63) is 35.6 Å². The second-order valence-corrected chi connectivity index (χ2v) is 5.10. The number of piperazine rings is 1. The minimum Gasteiger partial charge on any atom is -0.352 e. The van der Waals surface area contributed by atoms with Gasteiger partial charge >= 0.3 is 0 Å². The maximum absolute atomic E-state index is 12.8. The Kier molecular flexibility index (Phi) is 5.46. The van der Waals surface area contributed by atoms with E-state index in [1.54, 1.807) is 21.9 Å². The fraction of sp³-hybridized carbons (Fsp3) is 0.400. The van der Waals surface area contributed by atoms with Crippen molar-refractivity contribution < 1.29 is 18.8 Å². The monoisotopic (exact) mass is 307 g/mol. The molecule has 1 aromatic carbocycles. The third kappa shape index (κ3) is 4.54. The van der Waals surface area contributed by atoms with Crippen molar-refractivity contribution in [3.8, 4) is 0 Å². The molecular weight excluding hydrogens is 289 g/mol. The molecule has 1 saturated heterocycles. The number of carbonyl (C=O) groups excluding carboxylic acids is 3. The highest BCUT2D eigenvalue weighted by Crippen LogP contribution is 2.04. The summed E-state index contributed by atoms with van der Waals surface area (Å²) in [5, 5.41) is 2.63. The first-order valence-corrected chi connectivity index (χ1v) is 7.07. The van der Waals surface area contributed by atoms with Gasteiger partial charge in [0, 0.05) is 32.7 Å².